The average Bonchev–Trinajstić information content (AvgIpc) is 2.39. The number of hydrogen-bond acceptors (Lipinski definition) is 3. The second-order valence-corrected chi connectivity index (χ2v) is 4.97. The summed E-state index contributed by atoms with van der Waals surface area (Å²) in [6.07, 6.45) is 2.09. The molecule has 1 fully saturated rings. The molecule has 1 heterocycles. The van der Waals surface area contributed by atoms with Gasteiger partial charge >= 0.3 is 0 Å². The van der Waals surface area contributed by atoms with Crippen LogP contribution in [0.25, 0.3) is 0 Å². The molecule has 5 heteroatoms. The van der Waals surface area contributed by atoms with E-state index in [9.17, 15) is 14.0 Å². The Balaban J connectivity index is 2.38. The summed E-state index contributed by atoms with van der Waals surface area (Å²) in [5.74, 6) is -1.11. The van der Waals surface area contributed by atoms with Crippen LogP contribution in [-0.2, 0) is 4.79 Å². The van der Waals surface area contributed by atoms with Gasteiger partial charge in [-0.05, 0) is 31.9 Å². The number of primary amides is 1. The average molecular weight is 264 g/mol. The van der Waals surface area contributed by atoms with Crippen molar-refractivity contribution >= 4 is 17.9 Å². The van der Waals surface area contributed by atoms with Crippen molar-refractivity contribution in [3.8, 4) is 0 Å². The highest BCUT2D eigenvalue weighted by molar-refractivity contribution is 5.85. The van der Waals surface area contributed by atoms with Crippen LogP contribution in [0, 0.1) is 11.7 Å². The lowest BCUT2D eigenvalue weighted by atomic mass is 9.92. The number of carbonyl (C=O) groups is 2. The number of halogens is 1. The number of rotatable bonds is 3. The molecule has 1 saturated heterocycles. The monoisotopic (exact) mass is 264 g/mol. The molecule has 2 atom stereocenters. The molecule has 1 aliphatic rings. The van der Waals surface area contributed by atoms with Crippen LogP contribution in [0.1, 0.15) is 30.1 Å². The van der Waals surface area contributed by atoms with E-state index in [1.807, 2.05) is 6.92 Å². The number of amides is 1. The van der Waals surface area contributed by atoms with E-state index in [4.69, 9.17) is 5.73 Å². The zero-order chi connectivity index (χ0) is 14.0. The first-order valence-corrected chi connectivity index (χ1v) is 6.34. The van der Waals surface area contributed by atoms with Gasteiger partial charge in [0.1, 0.15) is 5.82 Å². The van der Waals surface area contributed by atoms with Crippen molar-refractivity contribution in [2.75, 3.05) is 11.4 Å². The number of aldehydes is 1. The standard InChI is InChI=1S/C14H17FN2O2/c1-9-5-6-10(14(16)19)7-17(9)13-11(8-18)3-2-4-12(13)15/h2-4,8-10H,5-7H2,1H3,(H2,16,19). The maximum Gasteiger partial charge on any atom is 0.222 e. The van der Waals surface area contributed by atoms with Gasteiger partial charge < -0.3 is 10.6 Å². The van der Waals surface area contributed by atoms with E-state index in [-0.39, 0.29) is 23.6 Å². The van der Waals surface area contributed by atoms with E-state index in [1.54, 1.807) is 11.0 Å². The predicted octanol–water partition coefficient (Wildman–Crippen LogP) is 1.73. The van der Waals surface area contributed by atoms with E-state index >= 15 is 0 Å². The van der Waals surface area contributed by atoms with Gasteiger partial charge in [-0.3, -0.25) is 9.59 Å². The number of nitrogens with two attached hydrogens (primary N) is 1. The summed E-state index contributed by atoms with van der Waals surface area (Å²) >= 11 is 0. The molecular weight excluding hydrogens is 247 g/mol. The highest BCUT2D eigenvalue weighted by atomic mass is 19.1. The van der Waals surface area contributed by atoms with Gasteiger partial charge in [-0.1, -0.05) is 6.07 Å². The van der Waals surface area contributed by atoms with Gasteiger partial charge in [0.25, 0.3) is 0 Å². The molecule has 1 amide bonds. The van der Waals surface area contributed by atoms with Gasteiger partial charge in [0.2, 0.25) is 5.91 Å². The fourth-order valence-electron chi connectivity index (χ4n) is 2.58. The summed E-state index contributed by atoms with van der Waals surface area (Å²) in [5.41, 5.74) is 5.91. The van der Waals surface area contributed by atoms with Crippen LogP contribution < -0.4 is 10.6 Å². The zero-order valence-electron chi connectivity index (χ0n) is 10.8. The quantitative estimate of drug-likeness (QED) is 0.846. The van der Waals surface area contributed by atoms with Crippen LogP contribution in [0.5, 0.6) is 0 Å². The van der Waals surface area contributed by atoms with Crippen molar-refractivity contribution in [3.05, 3.63) is 29.6 Å². The summed E-state index contributed by atoms with van der Waals surface area (Å²) in [5, 5.41) is 0. The molecule has 2 N–H and O–H groups in total. The van der Waals surface area contributed by atoms with Crippen molar-refractivity contribution in [3.63, 3.8) is 0 Å². The smallest absolute Gasteiger partial charge is 0.222 e. The first-order valence-electron chi connectivity index (χ1n) is 6.34. The number of nitrogens with zero attached hydrogens (tertiary/aromatic N) is 1. The molecule has 2 rings (SSSR count). The van der Waals surface area contributed by atoms with Crippen molar-refractivity contribution in [1.29, 1.82) is 0 Å². The fourth-order valence-corrected chi connectivity index (χ4v) is 2.58. The number of piperidine rings is 1. The number of para-hydroxylation sites is 1. The molecule has 0 spiro atoms. The van der Waals surface area contributed by atoms with E-state index in [0.29, 0.717) is 24.8 Å². The lowest BCUT2D eigenvalue weighted by Gasteiger charge is -2.39. The minimum absolute atomic E-state index is 0.0752. The fraction of sp³-hybridized carbons (Fsp3) is 0.429. The van der Waals surface area contributed by atoms with Gasteiger partial charge in [-0.15, -0.1) is 0 Å². The van der Waals surface area contributed by atoms with Crippen molar-refractivity contribution in [2.45, 2.75) is 25.8 Å². The largest absolute Gasteiger partial charge is 0.369 e. The molecule has 0 aromatic heterocycles. The normalized spacial score (nSPS) is 23.2. The zero-order valence-corrected chi connectivity index (χ0v) is 10.8. The highest BCUT2D eigenvalue weighted by Crippen LogP contribution is 2.31. The molecule has 19 heavy (non-hydrogen) atoms. The number of anilines is 1. The highest BCUT2D eigenvalue weighted by Gasteiger charge is 2.31. The summed E-state index contributed by atoms with van der Waals surface area (Å²) in [7, 11) is 0. The van der Waals surface area contributed by atoms with Crippen LogP contribution >= 0.6 is 0 Å². The first-order chi connectivity index (χ1) is 9.04. The molecular formula is C14H17FN2O2. The Hall–Kier alpha value is -1.91. The first kappa shape index (κ1) is 13.5. The number of carbonyl (C=O) groups excluding carboxylic acids is 2. The topological polar surface area (TPSA) is 63.4 Å². The third kappa shape index (κ3) is 2.59. The van der Waals surface area contributed by atoms with Crippen molar-refractivity contribution < 1.29 is 14.0 Å². The van der Waals surface area contributed by atoms with Crippen LogP contribution in [0.4, 0.5) is 10.1 Å². The second kappa shape index (κ2) is 5.38. The van der Waals surface area contributed by atoms with Gasteiger partial charge in [0.05, 0.1) is 11.6 Å². The summed E-state index contributed by atoms with van der Waals surface area (Å²) in [6.45, 7) is 2.32. The summed E-state index contributed by atoms with van der Waals surface area (Å²) in [6, 6.07) is 4.48. The van der Waals surface area contributed by atoms with Crippen molar-refractivity contribution in [1.82, 2.24) is 0 Å². The van der Waals surface area contributed by atoms with Gasteiger partial charge in [0, 0.05) is 18.2 Å². The van der Waals surface area contributed by atoms with Crippen LogP contribution in [-0.4, -0.2) is 24.8 Å². The summed E-state index contributed by atoms with van der Waals surface area (Å²) in [4.78, 5) is 24.1. The van der Waals surface area contributed by atoms with Gasteiger partial charge in [0.15, 0.2) is 6.29 Å². The Morgan fingerprint density at radius 2 is 2.21 bits per heavy atom. The molecule has 4 nitrogen and oxygen atoms in total. The second-order valence-electron chi connectivity index (χ2n) is 4.97. The Kier molecular flexibility index (Phi) is 3.83. The van der Waals surface area contributed by atoms with Crippen LogP contribution in [0.2, 0.25) is 0 Å². The van der Waals surface area contributed by atoms with Crippen LogP contribution in [0.3, 0.4) is 0 Å². The van der Waals surface area contributed by atoms with Gasteiger partial charge in [-0.2, -0.15) is 0 Å². The van der Waals surface area contributed by atoms with E-state index in [1.165, 1.54) is 12.1 Å². The third-order valence-corrected chi connectivity index (χ3v) is 3.72. The summed E-state index contributed by atoms with van der Waals surface area (Å²) < 4.78 is 14.0. The molecule has 0 aliphatic carbocycles. The number of benzene rings is 1. The molecule has 102 valence electrons. The van der Waals surface area contributed by atoms with Crippen molar-refractivity contribution in [2.24, 2.45) is 11.7 Å². The van der Waals surface area contributed by atoms with E-state index < -0.39 is 5.82 Å². The molecule has 0 radical (unpaired) electrons. The minimum Gasteiger partial charge on any atom is -0.369 e. The number of hydrogen-bond donors (Lipinski definition) is 1. The molecule has 1 aromatic rings. The van der Waals surface area contributed by atoms with E-state index in [0.717, 1.165) is 6.42 Å². The molecule has 0 saturated carbocycles. The lowest BCUT2D eigenvalue weighted by Crippen LogP contribution is -2.46. The van der Waals surface area contributed by atoms with E-state index in [2.05, 4.69) is 0 Å². The Morgan fingerprint density at radius 1 is 1.47 bits per heavy atom. The maximum atomic E-state index is 14.0. The van der Waals surface area contributed by atoms with Gasteiger partial charge in [-0.25, -0.2) is 4.39 Å². The lowest BCUT2D eigenvalue weighted by molar-refractivity contribution is -0.122. The Bertz CT molecular complexity index is 504. The minimum atomic E-state index is -0.443. The Morgan fingerprint density at radius 3 is 2.84 bits per heavy atom. The SMILES string of the molecule is CC1CCC(C(N)=O)CN1c1c(F)cccc1C=O. The predicted molar refractivity (Wildman–Crippen MR) is 70.5 cm³/mol. The molecule has 2 unspecified atom stereocenters. The maximum absolute atomic E-state index is 14.0. The third-order valence-electron chi connectivity index (χ3n) is 3.72. The molecule has 0 bridgehead atoms. The molecule has 1 aromatic carbocycles. The van der Waals surface area contributed by atoms with Crippen LogP contribution in [0.15, 0.2) is 18.2 Å². The molecule has 1 aliphatic heterocycles. The Labute approximate surface area is 111 Å².